The van der Waals surface area contributed by atoms with E-state index in [0.29, 0.717) is 24.1 Å². The Bertz CT molecular complexity index is 588. The molecule has 0 aliphatic carbocycles. The van der Waals surface area contributed by atoms with Gasteiger partial charge in [0.1, 0.15) is 10.7 Å². The van der Waals surface area contributed by atoms with Gasteiger partial charge in [-0.15, -0.1) is 0 Å². The van der Waals surface area contributed by atoms with Crippen LogP contribution in [0.4, 0.5) is 0 Å². The standard InChI is InChI=1S/C13H21BrN2O3S2/c1-4-15-8-11-7-12(13(14)19-11)21(17,18)16-5-6-20-10(3)9(16)2/h7,9-10,15H,4-6,8H2,1-3H3. The van der Waals surface area contributed by atoms with Crippen LogP contribution in [-0.2, 0) is 16.6 Å². The Balaban J connectivity index is 2.28. The lowest BCUT2D eigenvalue weighted by Crippen LogP contribution is -2.47. The molecule has 2 unspecified atom stereocenters. The SMILES string of the molecule is CCNCc1cc(S(=O)(=O)N2CCSC(C)C2C)c(Br)o1. The molecule has 0 spiro atoms. The number of sulfonamides is 1. The summed E-state index contributed by atoms with van der Waals surface area (Å²) in [6.07, 6.45) is 0. The van der Waals surface area contributed by atoms with Crippen LogP contribution in [0.25, 0.3) is 0 Å². The lowest BCUT2D eigenvalue weighted by Gasteiger charge is -2.36. The van der Waals surface area contributed by atoms with Crippen LogP contribution in [0, 0.1) is 0 Å². The molecule has 1 fully saturated rings. The first-order valence-electron chi connectivity index (χ1n) is 7.00. The highest BCUT2D eigenvalue weighted by Gasteiger charge is 2.37. The molecule has 120 valence electrons. The Morgan fingerprint density at radius 3 is 2.90 bits per heavy atom. The fraction of sp³-hybridized carbons (Fsp3) is 0.692. The van der Waals surface area contributed by atoms with Gasteiger partial charge in [0.15, 0.2) is 4.67 Å². The van der Waals surface area contributed by atoms with E-state index in [-0.39, 0.29) is 15.6 Å². The Labute approximate surface area is 139 Å². The summed E-state index contributed by atoms with van der Waals surface area (Å²) in [5.41, 5.74) is 0. The number of halogens is 1. The molecular weight excluding hydrogens is 376 g/mol. The maximum atomic E-state index is 12.9. The molecule has 0 amide bonds. The normalized spacial score (nSPS) is 24.4. The van der Waals surface area contributed by atoms with Crippen molar-refractivity contribution in [2.75, 3.05) is 18.8 Å². The third-order valence-corrected chi connectivity index (χ3v) is 7.85. The van der Waals surface area contributed by atoms with Crippen molar-refractivity contribution >= 4 is 37.7 Å². The highest BCUT2D eigenvalue weighted by Crippen LogP contribution is 2.33. The summed E-state index contributed by atoms with van der Waals surface area (Å²) < 4.78 is 33.1. The van der Waals surface area contributed by atoms with Crippen LogP contribution in [0.15, 0.2) is 20.0 Å². The average molecular weight is 397 g/mol. The maximum absolute atomic E-state index is 12.9. The summed E-state index contributed by atoms with van der Waals surface area (Å²) in [6.45, 7) is 7.88. The summed E-state index contributed by atoms with van der Waals surface area (Å²) in [6, 6.07) is 1.59. The highest BCUT2D eigenvalue weighted by molar-refractivity contribution is 9.10. The minimum absolute atomic E-state index is 0.0206. The monoisotopic (exact) mass is 396 g/mol. The summed E-state index contributed by atoms with van der Waals surface area (Å²) in [4.78, 5) is 0.223. The van der Waals surface area contributed by atoms with Crippen molar-refractivity contribution in [1.29, 1.82) is 0 Å². The summed E-state index contributed by atoms with van der Waals surface area (Å²) in [5.74, 6) is 1.44. The topological polar surface area (TPSA) is 62.6 Å². The first-order valence-corrected chi connectivity index (χ1v) is 10.3. The predicted octanol–water partition coefficient (Wildman–Crippen LogP) is 2.67. The van der Waals surface area contributed by atoms with Crippen LogP contribution in [0.3, 0.4) is 0 Å². The third kappa shape index (κ3) is 3.67. The number of rotatable bonds is 5. The van der Waals surface area contributed by atoms with E-state index in [1.165, 1.54) is 0 Å². The quantitative estimate of drug-likeness (QED) is 0.828. The molecule has 1 aromatic heterocycles. The highest BCUT2D eigenvalue weighted by atomic mass is 79.9. The zero-order chi connectivity index (χ0) is 15.6. The van der Waals surface area contributed by atoms with Gasteiger partial charge in [0.25, 0.3) is 0 Å². The fourth-order valence-corrected chi connectivity index (χ4v) is 6.24. The van der Waals surface area contributed by atoms with Gasteiger partial charge in [-0.3, -0.25) is 0 Å². The molecule has 2 rings (SSSR count). The van der Waals surface area contributed by atoms with Gasteiger partial charge in [0, 0.05) is 29.7 Å². The van der Waals surface area contributed by atoms with Gasteiger partial charge >= 0.3 is 0 Å². The molecule has 0 aromatic carbocycles. The van der Waals surface area contributed by atoms with Gasteiger partial charge in [0.05, 0.1) is 6.54 Å². The molecule has 0 saturated carbocycles. The number of furan rings is 1. The first kappa shape index (κ1) is 17.3. The molecule has 0 radical (unpaired) electrons. The molecule has 2 atom stereocenters. The molecule has 2 heterocycles. The number of hydrogen-bond acceptors (Lipinski definition) is 5. The second-order valence-corrected chi connectivity index (χ2v) is 9.13. The molecule has 1 aliphatic rings. The van der Waals surface area contributed by atoms with Crippen molar-refractivity contribution in [2.45, 2.75) is 43.5 Å². The van der Waals surface area contributed by atoms with Crippen molar-refractivity contribution < 1.29 is 12.8 Å². The molecular formula is C13H21BrN2O3S2. The molecule has 1 saturated heterocycles. The van der Waals surface area contributed by atoms with Crippen molar-refractivity contribution in [1.82, 2.24) is 9.62 Å². The number of nitrogens with one attached hydrogen (secondary N) is 1. The van der Waals surface area contributed by atoms with E-state index in [4.69, 9.17) is 4.42 Å². The molecule has 1 aliphatic heterocycles. The van der Waals surface area contributed by atoms with E-state index in [2.05, 4.69) is 28.2 Å². The van der Waals surface area contributed by atoms with E-state index in [9.17, 15) is 8.42 Å². The molecule has 1 aromatic rings. The van der Waals surface area contributed by atoms with Crippen LogP contribution >= 0.6 is 27.7 Å². The Morgan fingerprint density at radius 1 is 1.52 bits per heavy atom. The number of nitrogens with zero attached hydrogens (tertiary/aromatic N) is 1. The maximum Gasteiger partial charge on any atom is 0.247 e. The van der Waals surface area contributed by atoms with Gasteiger partial charge in [-0.1, -0.05) is 13.8 Å². The second-order valence-electron chi connectivity index (χ2n) is 5.06. The lowest BCUT2D eigenvalue weighted by molar-refractivity contribution is 0.339. The van der Waals surface area contributed by atoms with E-state index in [0.717, 1.165) is 12.3 Å². The van der Waals surface area contributed by atoms with E-state index < -0.39 is 10.0 Å². The molecule has 8 heteroatoms. The minimum atomic E-state index is -3.53. The average Bonchev–Trinajstić information content (AvgIpc) is 2.81. The molecule has 1 N–H and O–H groups in total. The van der Waals surface area contributed by atoms with Crippen molar-refractivity contribution in [3.8, 4) is 0 Å². The Hall–Kier alpha value is -0.0200. The number of hydrogen-bond donors (Lipinski definition) is 1. The molecule has 21 heavy (non-hydrogen) atoms. The van der Waals surface area contributed by atoms with Gasteiger partial charge in [-0.2, -0.15) is 16.1 Å². The van der Waals surface area contributed by atoms with E-state index in [1.54, 1.807) is 10.4 Å². The summed E-state index contributed by atoms with van der Waals surface area (Å²) in [5, 5.41) is 3.42. The Morgan fingerprint density at radius 2 is 2.24 bits per heavy atom. The van der Waals surface area contributed by atoms with Crippen LogP contribution in [0.1, 0.15) is 26.5 Å². The number of thioether (sulfide) groups is 1. The smallest absolute Gasteiger partial charge is 0.247 e. The lowest BCUT2D eigenvalue weighted by atomic mass is 10.2. The zero-order valence-corrected chi connectivity index (χ0v) is 15.6. The van der Waals surface area contributed by atoms with Gasteiger partial charge in [-0.25, -0.2) is 8.42 Å². The first-order chi connectivity index (χ1) is 9.87. The Kier molecular flexibility index (Phi) is 5.81. The molecule has 5 nitrogen and oxygen atoms in total. The second kappa shape index (κ2) is 7.04. The van der Waals surface area contributed by atoms with Crippen LogP contribution in [0.5, 0.6) is 0 Å². The van der Waals surface area contributed by atoms with Crippen molar-refractivity contribution in [2.24, 2.45) is 0 Å². The van der Waals surface area contributed by atoms with Crippen LogP contribution < -0.4 is 5.32 Å². The third-order valence-electron chi connectivity index (χ3n) is 3.67. The van der Waals surface area contributed by atoms with Gasteiger partial charge < -0.3 is 9.73 Å². The van der Waals surface area contributed by atoms with Crippen LogP contribution in [-0.4, -0.2) is 42.9 Å². The zero-order valence-electron chi connectivity index (χ0n) is 12.4. The summed E-state index contributed by atoms with van der Waals surface area (Å²) in [7, 11) is -3.53. The predicted molar refractivity (Wildman–Crippen MR) is 89.1 cm³/mol. The van der Waals surface area contributed by atoms with Gasteiger partial charge in [0.2, 0.25) is 10.0 Å². The fourth-order valence-electron chi connectivity index (χ4n) is 2.28. The minimum Gasteiger partial charge on any atom is -0.452 e. The van der Waals surface area contributed by atoms with Crippen molar-refractivity contribution in [3.63, 3.8) is 0 Å². The molecule has 0 bridgehead atoms. The summed E-state index contributed by atoms with van der Waals surface area (Å²) >= 11 is 5.05. The van der Waals surface area contributed by atoms with Gasteiger partial charge in [-0.05, 0) is 29.4 Å². The largest absolute Gasteiger partial charge is 0.452 e. The van der Waals surface area contributed by atoms with E-state index >= 15 is 0 Å². The van der Waals surface area contributed by atoms with Crippen molar-refractivity contribution in [3.05, 3.63) is 16.5 Å². The van der Waals surface area contributed by atoms with E-state index in [1.807, 2.05) is 25.6 Å². The van der Waals surface area contributed by atoms with Crippen LogP contribution in [0.2, 0.25) is 0 Å².